The van der Waals surface area contributed by atoms with Crippen LogP contribution in [0.25, 0.3) is 0 Å². The highest BCUT2D eigenvalue weighted by Crippen LogP contribution is 2.38. The summed E-state index contributed by atoms with van der Waals surface area (Å²) < 4.78 is 0. The molecule has 0 radical (unpaired) electrons. The van der Waals surface area contributed by atoms with E-state index < -0.39 is 22.9 Å². The fourth-order valence-electron chi connectivity index (χ4n) is 2.73. The molecule has 21 heavy (non-hydrogen) atoms. The molecule has 1 aromatic rings. The number of carboxylic acids is 1. The number of nitrogens with one attached hydrogen (secondary N) is 2. The highest BCUT2D eigenvalue weighted by Gasteiger charge is 2.41. The van der Waals surface area contributed by atoms with Gasteiger partial charge in [-0.05, 0) is 43.7 Å². The van der Waals surface area contributed by atoms with Crippen LogP contribution in [0.4, 0.5) is 0 Å². The molecule has 0 spiro atoms. The van der Waals surface area contributed by atoms with E-state index >= 15 is 0 Å². The summed E-state index contributed by atoms with van der Waals surface area (Å²) in [4.78, 5) is 37.6. The summed E-state index contributed by atoms with van der Waals surface area (Å²) in [5.41, 5.74) is -1.39. The second-order valence-corrected chi connectivity index (χ2v) is 5.86. The molecule has 3 N–H and O–H groups in total. The van der Waals surface area contributed by atoms with Gasteiger partial charge in [0.2, 0.25) is 0 Å². The number of rotatable bonds is 4. The van der Waals surface area contributed by atoms with Gasteiger partial charge in [0.1, 0.15) is 5.56 Å². The lowest BCUT2D eigenvalue weighted by molar-refractivity contribution is -0.151. The smallest absolute Gasteiger partial charge is 0.311 e. The van der Waals surface area contributed by atoms with Crippen LogP contribution in [-0.4, -0.2) is 28.5 Å². The van der Waals surface area contributed by atoms with E-state index in [4.69, 9.17) is 0 Å². The van der Waals surface area contributed by atoms with Crippen molar-refractivity contribution in [3.05, 3.63) is 34.2 Å². The van der Waals surface area contributed by atoms with Gasteiger partial charge in [0.05, 0.1) is 5.41 Å². The first kappa shape index (κ1) is 15.3. The van der Waals surface area contributed by atoms with E-state index in [1.54, 1.807) is 6.07 Å². The monoisotopic (exact) mass is 292 g/mol. The zero-order valence-electron chi connectivity index (χ0n) is 12.0. The fourth-order valence-corrected chi connectivity index (χ4v) is 2.73. The number of hydrogen-bond donors (Lipinski definition) is 3. The van der Waals surface area contributed by atoms with Crippen LogP contribution in [0.1, 0.15) is 43.0 Å². The highest BCUT2D eigenvalue weighted by atomic mass is 16.4. The first-order chi connectivity index (χ1) is 9.94. The minimum atomic E-state index is -0.913. The Kier molecular flexibility index (Phi) is 4.45. The molecule has 1 saturated carbocycles. The summed E-state index contributed by atoms with van der Waals surface area (Å²) in [5, 5.41) is 12.1. The molecule has 114 valence electrons. The van der Waals surface area contributed by atoms with Crippen LogP contribution in [0.3, 0.4) is 0 Å². The minimum absolute atomic E-state index is 0.00205. The molecule has 0 atom stereocenters. The fraction of sp³-hybridized carbons (Fsp3) is 0.533. The molecule has 6 heteroatoms. The van der Waals surface area contributed by atoms with Gasteiger partial charge in [0, 0.05) is 12.7 Å². The maximum absolute atomic E-state index is 12.0. The van der Waals surface area contributed by atoms with Crippen LogP contribution in [0.15, 0.2) is 23.1 Å². The summed E-state index contributed by atoms with van der Waals surface area (Å²) in [6, 6.07) is 2.98. The molecule has 0 unspecified atom stereocenters. The third kappa shape index (κ3) is 3.32. The van der Waals surface area contributed by atoms with E-state index in [1.165, 1.54) is 12.3 Å². The maximum atomic E-state index is 12.0. The zero-order chi connectivity index (χ0) is 15.5. The molecule has 1 amide bonds. The van der Waals surface area contributed by atoms with Crippen molar-refractivity contribution < 1.29 is 14.7 Å². The first-order valence-corrected chi connectivity index (χ1v) is 7.14. The minimum Gasteiger partial charge on any atom is -0.481 e. The van der Waals surface area contributed by atoms with Crippen molar-refractivity contribution in [2.24, 2.45) is 11.3 Å². The van der Waals surface area contributed by atoms with Crippen LogP contribution >= 0.6 is 0 Å². The Hall–Kier alpha value is -2.11. The number of pyridine rings is 1. The van der Waals surface area contributed by atoms with Crippen LogP contribution < -0.4 is 10.9 Å². The average Bonchev–Trinajstić information content (AvgIpc) is 2.47. The van der Waals surface area contributed by atoms with Gasteiger partial charge in [-0.25, -0.2) is 0 Å². The number of hydrogen-bond acceptors (Lipinski definition) is 3. The standard InChI is InChI=1S/C15H20N2O4/c1-10-4-6-15(7-5-10,14(20)21)9-17-13(19)11-3-2-8-16-12(11)18/h2-3,8,10H,4-7,9H2,1H3,(H,16,18)(H,17,19)(H,20,21). The number of amides is 1. The Morgan fingerprint density at radius 3 is 2.67 bits per heavy atom. The van der Waals surface area contributed by atoms with E-state index in [9.17, 15) is 19.5 Å². The van der Waals surface area contributed by atoms with Gasteiger partial charge < -0.3 is 15.4 Å². The molecule has 1 heterocycles. The van der Waals surface area contributed by atoms with Crippen molar-refractivity contribution in [2.45, 2.75) is 32.6 Å². The van der Waals surface area contributed by atoms with Crippen molar-refractivity contribution >= 4 is 11.9 Å². The maximum Gasteiger partial charge on any atom is 0.311 e. The summed E-state index contributed by atoms with van der Waals surface area (Å²) in [7, 11) is 0. The van der Waals surface area contributed by atoms with Gasteiger partial charge in [-0.15, -0.1) is 0 Å². The van der Waals surface area contributed by atoms with Gasteiger partial charge in [-0.1, -0.05) is 6.92 Å². The number of aromatic amines is 1. The Morgan fingerprint density at radius 2 is 2.10 bits per heavy atom. The Bertz CT molecular complexity index is 585. The Balaban J connectivity index is 2.06. The van der Waals surface area contributed by atoms with E-state index in [-0.39, 0.29) is 12.1 Å². The van der Waals surface area contributed by atoms with Crippen LogP contribution in [-0.2, 0) is 4.79 Å². The number of aromatic nitrogens is 1. The Morgan fingerprint density at radius 1 is 1.43 bits per heavy atom. The van der Waals surface area contributed by atoms with Gasteiger partial charge in [-0.2, -0.15) is 0 Å². The summed E-state index contributed by atoms with van der Waals surface area (Å²) in [6.45, 7) is 2.16. The molecule has 1 aliphatic carbocycles. The van der Waals surface area contributed by atoms with Crippen molar-refractivity contribution in [2.75, 3.05) is 6.54 Å². The van der Waals surface area contributed by atoms with E-state index in [1.807, 2.05) is 0 Å². The molecule has 6 nitrogen and oxygen atoms in total. The number of aliphatic carboxylic acids is 1. The Labute approximate surface area is 122 Å². The van der Waals surface area contributed by atoms with Crippen molar-refractivity contribution in [3.8, 4) is 0 Å². The molecular weight excluding hydrogens is 272 g/mol. The predicted molar refractivity (Wildman–Crippen MR) is 77.1 cm³/mol. The third-order valence-electron chi connectivity index (χ3n) is 4.34. The summed E-state index contributed by atoms with van der Waals surface area (Å²) >= 11 is 0. The molecule has 1 aliphatic rings. The summed E-state index contributed by atoms with van der Waals surface area (Å²) in [6.07, 6.45) is 4.23. The number of H-pyrrole nitrogens is 1. The van der Waals surface area contributed by atoms with Crippen LogP contribution in [0, 0.1) is 11.3 Å². The molecule has 1 fully saturated rings. The number of carbonyl (C=O) groups excluding carboxylic acids is 1. The molecule has 0 saturated heterocycles. The van der Waals surface area contributed by atoms with Crippen molar-refractivity contribution in [1.82, 2.24) is 10.3 Å². The van der Waals surface area contributed by atoms with E-state index in [2.05, 4.69) is 17.2 Å². The van der Waals surface area contributed by atoms with Crippen molar-refractivity contribution in [3.63, 3.8) is 0 Å². The number of carbonyl (C=O) groups is 2. The lowest BCUT2D eigenvalue weighted by atomic mass is 9.71. The van der Waals surface area contributed by atoms with Gasteiger partial charge >= 0.3 is 5.97 Å². The quantitative estimate of drug-likeness (QED) is 0.780. The number of carboxylic acid groups (broad SMARTS) is 1. The molecule has 0 aromatic carbocycles. The van der Waals surface area contributed by atoms with Crippen molar-refractivity contribution in [1.29, 1.82) is 0 Å². The largest absolute Gasteiger partial charge is 0.481 e. The SMILES string of the molecule is CC1CCC(CNC(=O)c2ccc[nH]c2=O)(C(=O)O)CC1. The van der Waals surface area contributed by atoms with Crippen LogP contribution in [0.2, 0.25) is 0 Å². The molecule has 2 rings (SSSR count). The molecular formula is C15H20N2O4. The molecule has 0 bridgehead atoms. The lowest BCUT2D eigenvalue weighted by Crippen LogP contribution is -2.45. The molecule has 1 aromatic heterocycles. The van der Waals surface area contributed by atoms with E-state index in [0.717, 1.165) is 12.8 Å². The lowest BCUT2D eigenvalue weighted by Gasteiger charge is -2.35. The van der Waals surface area contributed by atoms with E-state index in [0.29, 0.717) is 18.8 Å². The normalized spacial score (nSPS) is 25.3. The van der Waals surface area contributed by atoms with Gasteiger partial charge in [0.15, 0.2) is 0 Å². The zero-order valence-corrected chi connectivity index (χ0v) is 12.0. The molecule has 0 aliphatic heterocycles. The topological polar surface area (TPSA) is 99.3 Å². The van der Waals surface area contributed by atoms with Crippen LogP contribution in [0.5, 0.6) is 0 Å². The average molecular weight is 292 g/mol. The summed E-state index contributed by atoms with van der Waals surface area (Å²) in [5.74, 6) is -0.891. The van der Waals surface area contributed by atoms with Gasteiger partial charge in [-0.3, -0.25) is 14.4 Å². The second-order valence-electron chi connectivity index (χ2n) is 5.86. The highest BCUT2D eigenvalue weighted by molar-refractivity contribution is 5.94. The third-order valence-corrected chi connectivity index (χ3v) is 4.34. The first-order valence-electron chi connectivity index (χ1n) is 7.14. The second kappa shape index (κ2) is 6.11. The van der Waals surface area contributed by atoms with Gasteiger partial charge in [0.25, 0.3) is 11.5 Å². The predicted octanol–water partition coefficient (Wildman–Crippen LogP) is 1.39.